The molecule has 2 heterocycles. The highest BCUT2D eigenvalue weighted by molar-refractivity contribution is 6.30. The van der Waals surface area contributed by atoms with Crippen LogP contribution in [0.4, 0.5) is 0 Å². The van der Waals surface area contributed by atoms with Crippen LogP contribution in [0, 0.1) is 6.92 Å². The SMILES string of the molecule is COc1ccc2[nH]c(C)c(CC=NOCc3nnn[nH]3)c2c1C(=O)c1ccc(Cl)cc1. The average Bonchev–Trinajstić information content (AvgIpc) is 3.40. The minimum absolute atomic E-state index is 0.129. The van der Waals surface area contributed by atoms with Crippen LogP contribution in [-0.2, 0) is 17.9 Å². The number of carbonyl (C=O) groups is 1. The molecule has 2 aromatic carbocycles. The zero-order valence-electron chi connectivity index (χ0n) is 16.8. The van der Waals surface area contributed by atoms with E-state index in [1.165, 1.54) is 0 Å². The Hall–Kier alpha value is -3.72. The molecular weight excluding hydrogens is 420 g/mol. The quantitative estimate of drug-likeness (QED) is 0.246. The van der Waals surface area contributed by atoms with Gasteiger partial charge in [0, 0.05) is 39.8 Å². The first-order chi connectivity index (χ1) is 15.1. The normalized spacial score (nSPS) is 11.3. The number of benzene rings is 2. The highest BCUT2D eigenvalue weighted by Gasteiger charge is 2.22. The zero-order chi connectivity index (χ0) is 21.8. The van der Waals surface area contributed by atoms with Crippen LogP contribution >= 0.6 is 11.6 Å². The van der Waals surface area contributed by atoms with Gasteiger partial charge in [0.15, 0.2) is 18.2 Å². The van der Waals surface area contributed by atoms with Crippen molar-refractivity contribution in [2.24, 2.45) is 5.16 Å². The van der Waals surface area contributed by atoms with Gasteiger partial charge in [-0.2, -0.15) is 0 Å². The lowest BCUT2D eigenvalue weighted by atomic mass is 9.95. The van der Waals surface area contributed by atoms with E-state index < -0.39 is 0 Å². The third kappa shape index (κ3) is 4.26. The average molecular weight is 439 g/mol. The van der Waals surface area contributed by atoms with Gasteiger partial charge in [0.1, 0.15) is 5.75 Å². The Morgan fingerprint density at radius 2 is 2.03 bits per heavy atom. The molecule has 0 unspecified atom stereocenters. The van der Waals surface area contributed by atoms with E-state index in [0.29, 0.717) is 34.1 Å². The molecule has 0 aliphatic rings. The first-order valence-electron chi connectivity index (χ1n) is 9.43. The fraction of sp³-hybridized carbons (Fsp3) is 0.190. The number of ketones is 1. The molecule has 0 aliphatic heterocycles. The molecule has 0 atom stereocenters. The largest absolute Gasteiger partial charge is 0.496 e. The van der Waals surface area contributed by atoms with E-state index in [1.807, 2.05) is 13.0 Å². The number of ether oxygens (including phenoxy) is 1. The summed E-state index contributed by atoms with van der Waals surface area (Å²) in [6.45, 7) is 2.08. The number of tetrazole rings is 1. The number of methoxy groups -OCH3 is 1. The summed E-state index contributed by atoms with van der Waals surface area (Å²) in [5.74, 6) is 0.824. The van der Waals surface area contributed by atoms with Crippen LogP contribution in [0.1, 0.15) is 33.0 Å². The summed E-state index contributed by atoms with van der Waals surface area (Å²) in [5, 5.41) is 18.6. The Morgan fingerprint density at radius 1 is 1.23 bits per heavy atom. The molecule has 0 saturated carbocycles. The van der Waals surface area contributed by atoms with Gasteiger partial charge in [-0.15, -0.1) is 5.10 Å². The van der Waals surface area contributed by atoms with Crippen LogP contribution in [-0.4, -0.2) is 44.7 Å². The monoisotopic (exact) mass is 438 g/mol. The summed E-state index contributed by atoms with van der Waals surface area (Å²) < 4.78 is 5.53. The van der Waals surface area contributed by atoms with E-state index >= 15 is 0 Å². The Morgan fingerprint density at radius 3 is 2.74 bits per heavy atom. The molecule has 2 aromatic heterocycles. The molecule has 0 spiro atoms. The van der Waals surface area contributed by atoms with E-state index in [2.05, 4.69) is 30.8 Å². The lowest BCUT2D eigenvalue weighted by Gasteiger charge is -2.11. The van der Waals surface area contributed by atoms with Crippen LogP contribution in [0.5, 0.6) is 5.75 Å². The molecular formula is C21H19ClN6O3. The third-order valence-corrected chi connectivity index (χ3v) is 5.08. The van der Waals surface area contributed by atoms with Gasteiger partial charge in [0.05, 0.1) is 12.7 Å². The van der Waals surface area contributed by atoms with Gasteiger partial charge in [-0.1, -0.05) is 16.8 Å². The van der Waals surface area contributed by atoms with Crippen LogP contribution in [0.25, 0.3) is 10.9 Å². The molecule has 9 nitrogen and oxygen atoms in total. The molecule has 4 rings (SSSR count). The number of carbonyl (C=O) groups excluding carboxylic acids is 1. The Labute approximate surface area is 182 Å². The summed E-state index contributed by atoms with van der Waals surface area (Å²) >= 11 is 5.98. The van der Waals surface area contributed by atoms with Gasteiger partial charge in [0.2, 0.25) is 0 Å². The van der Waals surface area contributed by atoms with Gasteiger partial charge in [0.25, 0.3) is 0 Å². The van der Waals surface area contributed by atoms with Crippen molar-refractivity contribution in [2.45, 2.75) is 20.0 Å². The van der Waals surface area contributed by atoms with Crippen molar-refractivity contribution in [3.63, 3.8) is 0 Å². The number of nitrogens with one attached hydrogen (secondary N) is 2. The topological polar surface area (TPSA) is 118 Å². The smallest absolute Gasteiger partial charge is 0.197 e. The minimum atomic E-state index is -0.148. The lowest BCUT2D eigenvalue weighted by Crippen LogP contribution is -2.06. The predicted molar refractivity (Wildman–Crippen MR) is 116 cm³/mol. The van der Waals surface area contributed by atoms with E-state index in [4.69, 9.17) is 21.2 Å². The second kappa shape index (κ2) is 8.97. The number of aromatic nitrogens is 5. The highest BCUT2D eigenvalue weighted by Crippen LogP contribution is 2.34. The third-order valence-electron chi connectivity index (χ3n) is 4.83. The molecule has 10 heteroatoms. The maximum atomic E-state index is 13.4. The van der Waals surface area contributed by atoms with E-state index in [9.17, 15) is 4.79 Å². The lowest BCUT2D eigenvalue weighted by molar-refractivity contribution is 0.103. The molecule has 31 heavy (non-hydrogen) atoms. The molecule has 0 bridgehead atoms. The van der Waals surface area contributed by atoms with Crippen molar-refractivity contribution in [1.29, 1.82) is 0 Å². The number of aryl methyl sites for hydroxylation is 1. The van der Waals surface area contributed by atoms with Crippen molar-refractivity contribution in [3.8, 4) is 5.75 Å². The minimum Gasteiger partial charge on any atom is -0.496 e. The number of aromatic amines is 2. The zero-order valence-corrected chi connectivity index (χ0v) is 17.6. The van der Waals surface area contributed by atoms with E-state index in [1.54, 1.807) is 43.7 Å². The number of hydrogen-bond donors (Lipinski definition) is 2. The van der Waals surface area contributed by atoms with Crippen LogP contribution < -0.4 is 4.74 Å². The van der Waals surface area contributed by atoms with Crippen LogP contribution in [0.3, 0.4) is 0 Å². The van der Waals surface area contributed by atoms with E-state index in [0.717, 1.165) is 22.2 Å². The first kappa shape index (κ1) is 20.5. The summed E-state index contributed by atoms with van der Waals surface area (Å²) in [4.78, 5) is 22.0. The van der Waals surface area contributed by atoms with Crippen LogP contribution in [0.2, 0.25) is 5.02 Å². The number of rotatable bonds is 8. The molecule has 4 aromatic rings. The number of hydrogen-bond acceptors (Lipinski definition) is 7. The molecule has 0 fully saturated rings. The van der Waals surface area contributed by atoms with Crippen molar-refractivity contribution < 1.29 is 14.4 Å². The molecule has 0 saturated heterocycles. The fourth-order valence-electron chi connectivity index (χ4n) is 3.38. The van der Waals surface area contributed by atoms with E-state index in [-0.39, 0.29) is 12.4 Å². The maximum Gasteiger partial charge on any atom is 0.197 e. The number of nitrogens with zero attached hydrogens (tertiary/aromatic N) is 4. The summed E-state index contributed by atoms with van der Waals surface area (Å²) in [5.41, 5.74) is 3.72. The van der Waals surface area contributed by atoms with Crippen LogP contribution in [0.15, 0.2) is 41.6 Å². The summed E-state index contributed by atoms with van der Waals surface area (Å²) in [6, 6.07) is 10.5. The molecule has 0 amide bonds. The van der Waals surface area contributed by atoms with Gasteiger partial charge in [-0.3, -0.25) is 4.79 Å². The maximum absolute atomic E-state index is 13.4. The number of H-pyrrole nitrogens is 2. The van der Waals surface area contributed by atoms with Gasteiger partial charge in [-0.05, 0) is 59.3 Å². The Balaban J connectivity index is 1.68. The summed E-state index contributed by atoms with van der Waals surface area (Å²) in [7, 11) is 1.55. The first-order valence-corrected chi connectivity index (χ1v) is 9.81. The standard InChI is InChI=1S/C21H19ClN6O3/c1-12-15(9-10-23-31-11-18-25-27-28-26-18)19-16(24-12)7-8-17(30-2)20(19)21(29)13-3-5-14(22)6-4-13/h3-8,10,24H,9,11H2,1-2H3,(H,25,26,27,28). The Bertz CT molecular complexity index is 1230. The van der Waals surface area contributed by atoms with Gasteiger partial charge < -0.3 is 14.6 Å². The fourth-order valence-corrected chi connectivity index (χ4v) is 3.51. The predicted octanol–water partition coefficient (Wildman–Crippen LogP) is 3.63. The highest BCUT2D eigenvalue weighted by atomic mass is 35.5. The van der Waals surface area contributed by atoms with Gasteiger partial charge >= 0.3 is 0 Å². The number of oxime groups is 1. The molecule has 158 valence electrons. The van der Waals surface area contributed by atoms with Crippen molar-refractivity contribution in [3.05, 3.63) is 69.6 Å². The van der Waals surface area contributed by atoms with Crippen molar-refractivity contribution >= 4 is 34.5 Å². The summed E-state index contributed by atoms with van der Waals surface area (Å²) in [6.07, 6.45) is 2.09. The number of fused-ring (bicyclic) bond motifs is 1. The van der Waals surface area contributed by atoms with Crippen molar-refractivity contribution in [1.82, 2.24) is 25.6 Å². The van der Waals surface area contributed by atoms with Crippen molar-refractivity contribution in [2.75, 3.05) is 7.11 Å². The molecule has 0 aliphatic carbocycles. The second-order valence-corrected chi connectivity index (χ2v) is 7.18. The molecule has 2 N–H and O–H groups in total. The molecule has 0 radical (unpaired) electrons. The second-order valence-electron chi connectivity index (χ2n) is 6.74. The number of halogens is 1. The Kier molecular flexibility index (Phi) is 5.94. The van der Waals surface area contributed by atoms with Gasteiger partial charge in [-0.25, -0.2) is 5.10 Å².